The SMILES string of the molecule is O=[N+]([O-])c1ccc(NCCc2c[nH]c3ccccc23)nc1Nc1ccc2n[nH]nc2c1. The Balaban J connectivity index is 1.34. The molecule has 0 aliphatic heterocycles. The van der Waals surface area contributed by atoms with Crippen LogP contribution in [0.25, 0.3) is 21.9 Å². The van der Waals surface area contributed by atoms with Crippen LogP contribution in [0.2, 0.25) is 0 Å². The van der Waals surface area contributed by atoms with E-state index < -0.39 is 4.92 Å². The molecule has 154 valence electrons. The van der Waals surface area contributed by atoms with Crippen LogP contribution < -0.4 is 10.6 Å². The third-order valence-corrected chi connectivity index (χ3v) is 5.03. The van der Waals surface area contributed by atoms with Gasteiger partial charge in [0, 0.05) is 35.4 Å². The number of anilines is 3. The number of H-pyrrole nitrogens is 2. The van der Waals surface area contributed by atoms with Crippen LogP contribution in [0.15, 0.2) is 60.8 Å². The third-order valence-electron chi connectivity index (χ3n) is 5.03. The van der Waals surface area contributed by atoms with E-state index in [0.29, 0.717) is 29.1 Å². The molecule has 10 nitrogen and oxygen atoms in total. The number of para-hydroxylation sites is 1. The molecule has 0 saturated carbocycles. The van der Waals surface area contributed by atoms with Crippen LogP contribution in [0.3, 0.4) is 0 Å². The van der Waals surface area contributed by atoms with Crippen molar-refractivity contribution in [1.29, 1.82) is 0 Å². The average molecular weight is 414 g/mol. The summed E-state index contributed by atoms with van der Waals surface area (Å²) in [5.41, 5.74) is 4.18. The van der Waals surface area contributed by atoms with Crippen molar-refractivity contribution in [1.82, 2.24) is 25.4 Å². The van der Waals surface area contributed by atoms with E-state index in [1.165, 1.54) is 17.0 Å². The van der Waals surface area contributed by atoms with Crippen molar-refractivity contribution in [2.24, 2.45) is 0 Å². The van der Waals surface area contributed by atoms with Crippen LogP contribution in [0, 0.1) is 10.1 Å². The van der Waals surface area contributed by atoms with Crippen LogP contribution in [0.5, 0.6) is 0 Å². The van der Waals surface area contributed by atoms with E-state index >= 15 is 0 Å². The highest BCUT2D eigenvalue weighted by atomic mass is 16.6. The quantitative estimate of drug-likeness (QED) is 0.232. The molecule has 0 spiro atoms. The standard InChI is InChI=1S/C21H18N8O2/c30-29(31)19-7-8-20(22-10-9-13-12-23-16-4-2-1-3-15(13)16)25-21(19)24-14-5-6-17-18(11-14)27-28-26-17/h1-8,11-12,23H,9-10H2,(H2,22,24,25)(H,26,27,28). The second-order valence-electron chi connectivity index (χ2n) is 7.01. The molecule has 0 amide bonds. The summed E-state index contributed by atoms with van der Waals surface area (Å²) in [6, 6.07) is 16.5. The van der Waals surface area contributed by atoms with Crippen molar-refractivity contribution in [3.63, 3.8) is 0 Å². The summed E-state index contributed by atoms with van der Waals surface area (Å²) in [4.78, 5) is 18.7. The van der Waals surface area contributed by atoms with E-state index in [0.717, 1.165) is 11.9 Å². The second kappa shape index (κ2) is 7.75. The molecule has 2 aromatic carbocycles. The number of pyridine rings is 1. The molecule has 3 heterocycles. The Morgan fingerprint density at radius 1 is 1.03 bits per heavy atom. The maximum Gasteiger partial charge on any atom is 0.311 e. The molecule has 0 aliphatic carbocycles. The highest BCUT2D eigenvalue weighted by molar-refractivity contribution is 5.83. The molecule has 4 N–H and O–H groups in total. The molecular weight excluding hydrogens is 396 g/mol. The normalized spacial score (nSPS) is 11.1. The monoisotopic (exact) mass is 414 g/mol. The van der Waals surface area contributed by atoms with Crippen molar-refractivity contribution in [3.05, 3.63) is 76.5 Å². The Kier molecular flexibility index (Phi) is 4.64. The fourth-order valence-electron chi connectivity index (χ4n) is 3.51. The number of nitrogens with one attached hydrogen (secondary N) is 4. The Hall–Kier alpha value is -4.47. The predicted octanol–water partition coefficient (Wildman–Crippen LogP) is 4.14. The van der Waals surface area contributed by atoms with Gasteiger partial charge < -0.3 is 15.6 Å². The predicted molar refractivity (Wildman–Crippen MR) is 119 cm³/mol. The fourth-order valence-corrected chi connectivity index (χ4v) is 3.51. The van der Waals surface area contributed by atoms with E-state index in [1.807, 2.05) is 24.4 Å². The summed E-state index contributed by atoms with van der Waals surface area (Å²) in [5, 5.41) is 29.5. The molecular formula is C21H18N8O2. The van der Waals surface area contributed by atoms with Gasteiger partial charge in [-0.05, 0) is 42.3 Å². The van der Waals surface area contributed by atoms with E-state index in [-0.39, 0.29) is 11.5 Å². The van der Waals surface area contributed by atoms with Crippen LogP contribution >= 0.6 is 0 Å². The number of rotatable bonds is 7. The number of fused-ring (bicyclic) bond motifs is 2. The van der Waals surface area contributed by atoms with Gasteiger partial charge in [0.2, 0.25) is 5.82 Å². The van der Waals surface area contributed by atoms with Crippen molar-refractivity contribution >= 4 is 44.9 Å². The zero-order valence-corrected chi connectivity index (χ0v) is 16.3. The molecule has 0 aliphatic rings. The van der Waals surface area contributed by atoms with Gasteiger partial charge >= 0.3 is 5.69 Å². The summed E-state index contributed by atoms with van der Waals surface area (Å²) in [5.74, 6) is 0.709. The van der Waals surface area contributed by atoms with Crippen LogP contribution in [0.4, 0.5) is 23.0 Å². The lowest BCUT2D eigenvalue weighted by Gasteiger charge is -2.10. The lowest BCUT2D eigenvalue weighted by molar-refractivity contribution is -0.384. The van der Waals surface area contributed by atoms with Crippen molar-refractivity contribution < 1.29 is 4.92 Å². The molecule has 31 heavy (non-hydrogen) atoms. The smallest absolute Gasteiger partial charge is 0.311 e. The minimum Gasteiger partial charge on any atom is -0.370 e. The lowest BCUT2D eigenvalue weighted by atomic mass is 10.1. The maximum absolute atomic E-state index is 11.5. The van der Waals surface area contributed by atoms with Gasteiger partial charge in [0.1, 0.15) is 16.9 Å². The van der Waals surface area contributed by atoms with E-state index in [1.54, 1.807) is 24.3 Å². The van der Waals surface area contributed by atoms with E-state index in [2.05, 4.69) is 42.1 Å². The van der Waals surface area contributed by atoms with Gasteiger partial charge in [0.15, 0.2) is 0 Å². The topological polar surface area (TPSA) is 137 Å². The molecule has 0 saturated heterocycles. The first-order chi connectivity index (χ1) is 15.2. The minimum atomic E-state index is -0.459. The summed E-state index contributed by atoms with van der Waals surface area (Å²) in [6.07, 6.45) is 2.79. The zero-order valence-electron chi connectivity index (χ0n) is 16.3. The van der Waals surface area contributed by atoms with Crippen molar-refractivity contribution in [2.45, 2.75) is 6.42 Å². The van der Waals surface area contributed by atoms with Crippen molar-refractivity contribution in [2.75, 3.05) is 17.2 Å². The van der Waals surface area contributed by atoms with Gasteiger partial charge in [0.25, 0.3) is 0 Å². The van der Waals surface area contributed by atoms with Gasteiger partial charge in [-0.1, -0.05) is 18.2 Å². The van der Waals surface area contributed by atoms with Gasteiger partial charge in [0.05, 0.1) is 4.92 Å². The fraction of sp³-hybridized carbons (Fsp3) is 0.0952. The van der Waals surface area contributed by atoms with Crippen molar-refractivity contribution in [3.8, 4) is 0 Å². The third kappa shape index (κ3) is 3.73. The Morgan fingerprint density at radius 2 is 1.90 bits per heavy atom. The van der Waals surface area contributed by atoms with E-state index in [4.69, 9.17) is 0 Å². The maximum atomic E-state index is 11.5. The number of hydrogen-bond acceptors (Lipinski definition) is 7. The number of nitrogens with zero attached hydrogens (tertiary/aromatic N) is 4. The number of hydrogen-bond donors (Lipinski definition) is 4. The number of aromatic nitrogens is 5. The average Bonchev–Trinajstić information content (AvgIpc) is 3.40. The first-order valence-electron chi connectivity index (χ1n) is 9.69. The Labute approximate surface area is 175 Å². The zero-order chi connectivity index (χ0) is 21.2. The highest BCUT2D eigenvalue weighted by Gasteiger charge is 2.17. The second-order valence-corrected chi connectivity index (χ2v) is 7.01. The van der Waals surface area contributed by atoms with Gasteiger partial charge in [-0.25, -0.2) is 4.98 Å². The number of aromatic amines is 2. The molecule has 0 atom stereocenters. The Bertz CT molecular complexity index is 1390. The first kappa shape index (κ1) is 18.6. The highest BCUT2D eigenvalue weighted by Crippen LogP contribution is 2.28. The molecule has 0 fully saturated rings. The van der Waals surface area contributed by atoms with Gasteiger partial charge in [-0.3, -0.25) is 10.1 Å². The van der Waals surface area contributed by atoms with Crippen LogP contribution in [0.1, 0.15) is 5.56 Å². The largest absolute Gasteiger partial charge is 0.370 e. The summed E-state index contributed by atoms with van der Waals surface area (Å²) in [6.45, 7) is 0.636. The summed E-state index contributed by atoms with van der Waals surface area (Å²) in [7, 11) is 0. The molecule has 0 bridgehead atoms. The molecule has 10 heteroatoms. The Morgan fingerprint density at radius 3 is 2.81 bits per heavy atom. The molecule has 3 aromatic heterocycles. The van der Waals surface area contributed by atoms with Gasteiger partial charge in [-0.15, -0.1) is 0 Å². The summed E-state index contributed by atoms with van der Waals surface area (Å²) < 4.78 is 0. The molecule has 0 unspecified atom stereocenters. The lowest BCUT2D eigenvalue weighted by Crippen LogP contribution is -2.08. The number of benzene rings is 2. The minimum absolute atomic E-state index is 0.109. The van der Waals surface area contributed by atoms with Gasteiger partial charge in [-0.2, -0.15) is 15.4 Å². The summed E-state index contributed by atoms with van der Waals surface area (Å²) >= 11 is 0. The van der Waals surface area contributed by atoms with Crippen LogP contribution in [-0.2, 0) is 6.42 Å². The molecule has 5 rings (SSSR count). The van der Waals surface area contributed by atoms with Crippen LogP contribution in [-0.4, -0.2) is 36.8 Å². The number of nitro groups is 1. The first-order valence-corrected chi connectivity index (χ1v) is 9.69. The molecule has 5 aromatic rings. The molecule has 0 radical (unpaired) electrons. The van der Waals surface area contributed by atoms with E-state index in [9.17, 15) is 10.1 Å².